The first-order chi connectivity index (χ1) is 12.5. The molecule has 0 radical (unpaired) electrons. The topological polar surface area (TPSA) is 76.1 Å². The van der Waals surface area contributed by atoms with Gasteiger partial charge in [0.05, 0.1) is 18.5 Å². The molecule has 2 aromatic carbocycles. The fourth-order valence-corrected chi connectivity index (χ4v) is 2.58. The van der Waals surface area contributed by atoms with E-state index < -0.39 is 0 Å². The summed E-state index contributed by atoms with van der Waals surface area (Å²) in [4.78, 5) is 24.4. The maximum atomic E-state index is 13.0. The van der Waals surface area contributed by atoms with Gasteiger partial charge in [-0.1, -0.05) is 6.07 Å². The largest absolute Gasteiger partial charge is 0.495 e. The van der Waals surface area contributed by atoms with Gasteiger partial charge in [0.2, 0.25) is 5.91 Å². The first-order valence-electron chi connectivity index (χ1n) is 7.96. The third kappa shape index (κ3) is 3.83. The van der Waals surface area contributed by atoms with Crippen molar-refractivity contribution in [2.24, 2.45) is 0 Å². The van der Waals surface area contributed by atoms with Crippen molar-refractivity contribution in [2.45, 2.75) is 13.5 Å². The smallest absolute Gasteiger partial charge is 0.267 e. The number of methoxy groups -OCH3 is 1. The number of aromatic nitrogens is 2. The van der Waals surface area contributed by atoms with Crippen LogP contribution in [-0.4, -0.2) is 22.8 Å². The number of ether oxygens (including phenoxy) is 1. The summed E-state index contributed by atoms with van der Waals surface area (Å²) in [5.74, 6) is -0.194. The maximum Gasteiger partial charge on any atom is 0.267 e. The van der Waals surface area contributed by atoms with Crippen LogP contribution in [0.3, 0.4) is 0 Å². The number of nitrogens with zero attached hydrogens (tertiary/aromatic N) is 1. The van der Waals surface area contributed by atoms with Gasteiger partial charge in [-0.25, -0.2) is 9.07 Å². The van der Waals surface area contributed by atoms with E-state index in [1.54, 1.807) is 24.3 Å². The summed E-state index contributed by atoms with van der Waals surface area (Å²) in [5.41, 5.74) is 2.32. The predicted octanol–water partition coefficient (Wildman–Crippen LogP) is 2.94. The number of rotatable bonds is 5. The van der Waals surface area contributed by atoms with Crippen molar-refractivity contribution in [1.29, 1.82) is 0 Å². The Balaban J connectivity index is 1.77. The lowest BCUT2D eigenvalue weighted by molar-refractivity contribution is -0.117. The van der Waals surface area contributed by atoms with Gasteiger partial charge in [-0.2, -0.15) is 0 Å². The van der Waals surface area contributed by atoms with E-state index >= 15 is 0 Å². The third-order valence-electron chi connectivity index (χ3n) is 3.88. The van der Waals surface area contributed by atoms with Gasteiger partial charge in [-0.3, -0.25) is 14.7 Å². The van der Waals surface area contributed by atoms with Gasteiger partial charge in [0, 0.05) is 6.07 Å². The number of amides is 1. The van der Waals surface area contributed by atoms with Crippen LogP contribution in [0, 0.1) is 12.7 Å². The number of nitrogens with one attached hydrogen (secondary N) is 2. The minimum atomic E-state index is -0.372. The average molecular weight is 355 g/mol. The lowest BCUT2D eigenvalue weighted by Crippen LogP contribution is -2.26. The van der Waals surface area contributed by atoms with E-state index in [2.05, 4.69) is 10.4 Å². The Morgan fingerprint density at radius 2 is 1.92 bits per heavy atom. The van der Waals surface area contributed by atoms with E-state index in [0.717, 1.165) is 5.56 Å². The Morgan fingerprint density at radius 1 is 1.19 bits per heavy atom. The van der Waals surface area contributed by atoms with Crippen LogP contribution in [0.25, 0.3) is 11.3 Å². The highest BCUT2D eigenvalue weighted by atomic mass is 19.1. The molecular formula is C19H18FN3O3. The van der Waals surface area contributed by atoms with E-state index in [0.29, 0.717) is 22.7 Å². The summed E-state index contributed by atoms with van der Waals surface area (Å²) >= 11 is 0. The minimum Gasteiger partial charge on any atom is -0.495 e. The predicted molar refractivity (Wildman–Crippen MR) is 96.8 cm³/mol. The Morgan fingerprint density at radius 3 is 2.62 bits per heavy atom. The fraction of sp³-hybridized carbons (Fsp3) is 0.158. The van der Waals surface area contributed by atoms with Crippen molar-refractivity contribution in [2.75, 3.05) is 12.4 Å². The molecule has 0 saturated heterocycles. The third-order valence-corrected chi connectivity index (χ3v) is 3.88. The molecule has 0 unspecified atom stereocenters. The Kier molecular flexibility index (Phi) is 4.88. The number of hydrogen-bond acceptors (Lipinski definition) is 3. The highest BCUT2D eigenvalue weighted by Gasteiger charge is 2.12. The Bertz CT molecular complexity index is 990. The van der Waals surface area contributed by atoms with Crippen molar-refractivity contribution in [3.05, 3.63) is 70.3 Å². The van der Waals surface area contributed by atoms with Gasteiger partial charge < -0.3 is 10.1 Å². The molecule has 26 heavy (non-hydrogen) atoms. The molecule has 0 aliphatic carbocycles. The molecule has 134 valence electrons. The first kappa shape index (κ1) is 17.5. The molecule has 0 atom stereocenters. The number of hydrogen-bond donors (Lipinski definition) is 2. The molecule has 0 bridgehead atoms. The Hall–Kier alpha value is -3.35. The second-order valence-electron chi connectivity index (χ2n) is 5.85. The summed E-state index contributed by atoms with van der Waals surface area (Å²) in [6.45, 7) is 1.72. The van der Waals surface area contributed by atoms with Crippen LogP contribution in [0.1, 0.15) is 5.56 Å². The molecule has 1 heterocycles. The molecular weight excluding hydrogens is 337 g/mol. The fourth-order valence-electron chi connectivity index (χ4n) is 2.58. The standard InChI is InChI=1S/C19H18FN3O3/c1-12-3-8-17(26-2)16(9-12)21-18(24)11-23-19(25)10-15(22-23)13-4-6-14(20)7-5-13/h3-10,22H,11H2,1-2H3,(H,21,24). The van der Waals surface area contributed by atoms with Crippen LogP contribution < -0.4 is 15.6 Å². The minimum absolute atomic E-state index is 0.183. The second-order valence-corrected chi connectivity index (χ2v) is 5.85. The number of aromatic amines is 1. The van der Waals surface area contributed by atoms with E-state index in [1.165, 1.54) is 30.0 Å². The normalized spacial score (nSPS) is 10.6. The van der Waals surface area contributed by atoms with Crippen LogP contribution in [0.2, 0.25) is 0 Å². The molecule has 0 spiro atoms. The van der Waals surface area contributed by atoms with Gasteiger partial charge in [0.15, 0.2) is 0 Å². The highest BCUT2D eigenvalue weighted by molar-refractivity contribution is 5.92. The lowest BCUT2D eigenvalue weighted by atomic mass is 10.1. The SMILES string of the molecule is COc1ccc(C)cc1NC(=O)Cn1[nH]c(-c2ccc(F)cc2)cc1=O. The zero-order chi connectivity index (χ0) is 18.7. The molecule has 1 aromatic heterocycles. The van der Waals surface area contributed by atoms with Crippen molar-refractivity contribution >= 4 is 11.6 Å². The van der Waals surface area contributed by atoms with E-state index in [-0.39, 0.29) is 23.8 Å². The average Bonchev–Trinajstić information content (AvgIpc) is 2.96. The summed E-state index contributed by atoms with van der Waals surface area (Å²) in [7, 11) is 1.52. The maximum absolute atomic E-state index is 13.0. The van der Waals surface area contributed by atoms with Crippen LogP contribution in [0.15, 0.2) is 53.3 Å². The zero-order valence-electron chi connectivity index (χ0n) is 14.4. The Labute approximate surface area is 149 Å². The molecule has 3 rings (SSSR count). The van der Waals surface area contributed by atoms with E-state index in [1.807, 2.05) is 13.0 Å². The summed E-state index contributed by atoms with van der Waals surface area (Å²) in [5, 5.41) is 5.60. The number of H-pyrrole nitrogens is 1. The van der Waals surface area contributed by atoms with E-state index in [4.69, 9.17) is 4.74 Å². The van der Waals surface area contributed by atoms with Crippen molar-refractivity contribution < 1.29 is 13.9 Å². The van der Waals surface area contributed by atoms with Gasteiger partial charge in [-0.15, -0.1) is 0 Å². The molecule has 2 N–H and O–H groups in total. The number of anilines is 1. The van der Waals surface area contributed by atoms with Gasteiger partial charge >= 0.3 is 0 Å². The zero-order valence-corrected chi connectivity index (χ0v) is 14.4. The molecule has 7 heteroatoms. The number of carbonyl (C=O) groups is 1. The van der Waals surface area contributed by atoms with E-state index in [9.17, 15) is 14.0 Å². The van der Waals surface area contributed by atoms with Gasteiger partial charge in [0.25, 0.3) is 5.56 Å². The summed E-state index contributed by atoms with van der Waals surface area (Å²) in [6, 6.07) is 12.5. The van der Waals surface area contributed by atoms with Crippen LogP contribution >= 0.6 is 0 Å². The van der Waals surface area contributed by atoms with Crippen LogP contribution in [-0.2, 0) is 11.3 Å². The number of benzene rings is 2. The van der Waals surface area contributed by atoms with Crippen molar-refractivity contribution in [3.63, 3.8) is 0 Å². The van der Waals surface area contributed by atoms with Gasteiger partial charge in [-0.05, 0) is 54.4 Å². The summed E-state index contributed by atoms with van der Waals surface area (Å²) < 4.78 is 19.4. The molecule has 6 nitrogen and oxygen atoms in total. The molecule has 1 amide bonds. The lowest BCUT2D eigenvalue weighted by Gasteiger charge is -2.11. The van der Waals surface area contributed by atoms with Crippen LogP contribution in [0.5, 0.6) is 5.75 Å². The van der Waals surface area contributed by atoms with Gasteiger partial charge in [0.1, 0.15) is 18.1 Å². The second kappa shape index (κ2) is 7.26. The quantitative estimate of drug-likeness (QED) is 0.739. The molecule has 0 saturated carbocycles. The van der Waals surface area contributed by atoms with Crippen molar-refractivity contribution in [3.8, 4) is 17.0 Å². The first-order valence-corrected chi connectivity index (χ1v) is 7.96. The van der Waals surface area contributed by atoms with Crippen molar-refractivity contribution in [1.82, 2.24) is 9.78 Å². The monoisotopic (exact) mass is 355 g/mol. The number of halogens is 1. The molecule has 0 aliphatic rings. The van der Waals surface area contributed by atoms with Crippen LogP contribution in [0.4, 0.5) is 10.1 Å². The summed E-state index contributed by atoms with van der Waals surface area (Å²) in [6.07, 6.45) is 0. The number of aryl methyl sites for hydroxylation is 1. The molecule has 0 aliphatic heterocycles. The number of carbonyl (C=O) groups excluding carboxylic acids is 1. The highest BCUT2D eigenvalue weighted by Crippen LogP contribution is 2.25. The molecule has 3 aromatic rings. The molecule has 0 fully saturated rings.